The summed E-state index contributed by atoms with van der Waals surface area (Å²) in [5, 5.41) is 10.6. The fourth-order valence-corrected chi connectivity index (χ4v) is 3.53. The van der Waals surface area contributed by atoms with Crippen LogP contribution < -0.4 is 5.73 Å². The largest absolute Gasteiger partial charge is 0.383 e. The van der Waals surface area contributed by atoms with Gasteiger partial charge in [-0.15, -0.1) is 0 Å². The molecule has 2 heterocycles. The standard InChI is InChI=1S/C22H20N4O2/c1-14-2-7-19-17(12-14)18(13-23)20(21(24)25-19)15-3-5-16(6-4-15)22(27)26-8-10-28-11-9-26/h2-7,12H,8-11H2,1H3,(H2,24,25). The maximum Gasteiger partial charge on any atom is 0.254 e. The third kappa shape index (κ3) is 3.17. The lowest BCUT2D eigenvalue weighted by molar-refractivity contribution is 0.0303. The molecular formula is C22H20N4O2. The minimum absolute atomic E-state index is 0.0180. The number of aromatic nitrogens is 1. The van der Waals surface area contributed by atoms with Gasteiger partial charge in [0, 0.05) is 29.6 Å². The van der Waals surface area contributed by atoms with Gasteiger partial charge in [0.15, 0.2) is 0 Å². The van der Waals surface area contributed by atoms with Crippen LogP contribution in [0.2, 0.25) is 0 Å². The average molecular weight is 372 g/mol. The lowest BCUT2D eigenvalue weighted by Crippen LogP contribution is -2.40. The minimum atomic E-state index is -0.0180. The zero-order valence-corrected chi connectivity index (χ0v) is 15.6. The van der Waals surface area contributed by atoms with Crippen LogP contribution in [0.3, 0.4) is 0 Å². The Morgan fingerprint density at radius 1 is 1.18 bits per heavy atom. The molecule has 1 amide bonds. The van der Waals surface area contributed by atoms with E-state index in [-0.39, 0.29) is 5.91 Å². The Kier molecular flexibility index (Phi) is 4.68. The van der Waals surface area contributed by atoms with Gasteiger partial charge in [-0.1, -0.05) is 23.8 Å². The minimum Gasteiger partial charge on any atom is -0.383 e. The zero-order chi connectivity index (χ0) is 19.7. The molecule has 0 atom stereocenters. The highest BCUT2D eigenvalue weighted by molar-refractivity contribution is 5.98. The Hall–Kier alpha value is -3.43. The first-order valence-electron chi connectivity index (χ1n) is 9.16. The molecule has 0 bridgehead atoms. The van der Waals surface area contributed by atoms with Crippen molar-refractivity contribution in [2.45, 2.75) is 6.92 Å². The number of amides is 1. The van der Waals surface area contributed by atoms with E-state index in [0.717, 1.165) is 16.5 Å². The first-order valence-corrected chi connectivity index (χ1v) is 9.16. The van der Waals surface area contributed by atoms with Gasteiger partial charge in [-0.2, -0.15) is 5.26 Å². The van der Waals surface area contributed by atoms with Crippen molar-refractivity contribution >= 4 is 22.6 Å². The second-order valence-corrected chi connectivity index (χ2v) is 6.86. The molecule has 1 aliphatic heterocycles. The fourth-order valence-electron chi connectivity index (χ4n) is 3.53. The highest BCUT2D eigenvalue weighted by Crippen LogP contribution is 2.34. The summed E-state index contributed by atoms with van der Waals surface area (Å²) in [4.78, 5) is 18.9. The summed E-state index contributed by atoms with van der Waals surface area (Å²) in [6, 6.07) is 15.2. The Morgan fingerprint density at radius 2 is 1.89 bits per heavy atom. The van der Waals surface area contributed by atoms with Crippen LogP contribution in [0.1, 0.15) is 21.5 Å². The molecule has 3 aromatic rings. The Bertz CT molecular complexity index is 1090. The molecule has 0 saturated carbocycles. The third-order valence-electron chi connectivity index (χ3n) is 5.00. The van der Waals surface area contributed by atoms with Crippen LogP contribution in [-0.4, -0.2) is 42.1 Å². The van der Waals surface area contributed by atoms with Gasteiger partial charge in [-0.05, 0) is 36.8 Å². The van der Waals surface area contributed by atoms with Gasteiger partial charge in [0.05, 0.1) is 24.3 Å². The Labute approximate surface area is 163 Å². The quantitative estimate of drug-likeness (QED) is 0.746. The fraction of sp³-hybridized carbons (Fsp3) is 0.227. The molecule has 0 radical (unpaired) electrons. The van der Waals surface area contributed by atoms with Gasteiger partial charge in [0.25, 0.3) is 5.91 Å². The van der Waals surface area contributed by atoms with Crippen molar-refractivity contribution in [1.82, 2.24) is 9.88 Å². The van der Waals surface area contributed by atoms with Gasteiger partial charge < -0.3 is 15.4 Å². The van der Waals surface area contributed by atoms with Crippen LogP contribution in [0.25, 0.3) is 22.0 Å². The van der Waals surface area contributed by atoms with Gasteiger partial charge in [0.2, 0.25) is 0 Å². The molecule has 1 fully saturated rings. The van der Waals surface area contributed by atoms with E-state index < -0.39 is 0 Å². The highest BCUT2D eigenvalue weighted by Gasteiger charge is 2.20. The number of anilines is 1. The van der Waals surface area contributed by atoms with E-state index in [2.05, 4.69) is 11.1 Å². The Balaban J connectivity index is 1.75. The van der Waals surface area contributed by atoms with E-state index in [9.17, 15) is 10.1 Å². The molecule has 1 aliphatic rings. The molecule has 140 valence electrons. The third-order valence-corrected chi connectivity index (χ3v) is 5.00. The van der Waals surface area contributed by atoms with Crippen LogP contribution in [0.15, 0.2) is 42.5 Å². The van der Waals surface area contributed by atoms with Crippen LogP contribution in [-0.2, 0) is 4.74 Å². The van der Waals surface area contributed by atoms with Crippen LogP contribution in [0.4, 0.5) is 5.82 Å². The lowest BCUT2D eigenvalue weighted by atomic mass is 9.96. The van der Waals surface area contributed by atoms with E-state index in [4.69, 9.17) is 10.5 Å². The number of nitrogens with two attached hydrogens (primary N) is 1. The molecule has 6 nitrogen and oxygen atoms in total. The number of nitrogen functional groups attached to an aromatic ring is 1. The van der Waals surface area contributed by atoms with Gasteiger partial charge in [-0.25, -0.2) is 4.98 Å². The van der Waals surface area contributed by atoms with Crippen molar-refractivity contribution in [2.24, 2.45) is 0 Å². The number of rotatable bonds is 2. The number of nitrogens with zero attached hydrogens (tertiary/aromatic N) is 3. The molecular weight excluding hydrogens is 352 g/mol. The number of nitriles is 1. The van der Waals surface area contributed by atoms with Gasteiger partial charge >= 0.3 is 0 Å². The summed E-state index contributed by atoms with van der Waals surface area (Å²) < 4.78 is 5.30. The first-order chi connectivity index (χ1) is 13.6. The van der Waals surface area contributed by atoms with Crippen LogP contribution in [0.5, 0.6) is 0 Å². The molecule has 0 spiro atoms. The van der Waals surface area contributed by atoms with Crippen molar-refractivity contribution < 1.29 is 9.53 Å². The van der Waals surface area contributed by atoms with Crippen LogP contribution >= 0.6 is 0 Å². The molecule has 6 heteroatoms. The van der Waals surface area contributed by atoms with E-state index in [1.807, 2.05) is 37.3 Å². The number of hydrogen-bond donors (Lipinski definition) is 1. The number of ether oxygens (including phenoxy) is 1. The number of carbonyl (C=O) groups is 1. The lowest BCUT2D eigenvalue weighted by Gasteiger charge is -2.26. The summed E-state index contributed by atoms with van der Waals surface area (Å²) in [7, 11) is 0. The molecule has 2 N–H and O–H groups in total. The zero-order valence-electron chi connectivity index (χ0n) is 15.6. The van der Waals surface area contributed by atoms with E-state index >= 15 is 0 Å². The maximum atomic E-state index is 12.6. The number of carbonyl (C=O) groups excluding carboxylic acids is 1. The van der Waals surface area contributed by atoms with E-state index in [1.54, 1.807) is 17.0 Å². The van der Waals surface area contributed by atoms with Crippen molar-refractivity contribution in [1.29, 1.82) is 5.26 Å². The molecule has 1 aromatic heterocycles. The summed E-state index contributed by atoms with van der Waals surface area (Å²) in [6.45, 7) is 4.30. The van der Waals surface area contributed by atoms with E-state index in [1.165, 1.54) is 0 Å². The van der Waals surface area contributed by atoms with Crippen molar-refractivity contribution in [3.05, 3.63) is 59.2 Å². The Morgan fingerprint density at radius 3 is 2.57 bits per heavy atom. The molecule has 0 aliphatic carbocycles. The molecule has 1 saturated heterocycles. The number of aryl methyl sites for hydroxylation is 1. The topological polar surface area (TPSA) is 92.2 Å². The highest BCUT2D eigenvalue weighted by atomic mass is 16.5. The molecule has 4 rings (SSSR count). The molecule has 28 heavy (non-hydrogen) atoms. The summed E-state index contributed by atoms with van der Waals surface area (Å²) in [6.07, 6.45) is 0. The predicted molar refractivity (Wildman–Crippen MR) is 108 cm³/mol. The summed E-state index contributed by atoms with van der Waals surface area (Å²) in [5.74, 6) is 0.288. The first kappa shape index (κ1) is 18.0. The summed E-state index contributed by atoms with van der Waals surface area (Å²) in [5.41, 5.74) is 10.4. The van der Waals surface area contributed by atoms with E-state index in [0.29, 0.717) is 54.3 Å². The second kappa shape index (κ2) is 7.29. The normalized spacial score (nSPS) is 14.1. The van der Waals surface area contributed by atoms with Gasteiger partial charge in [-0.3, -0.25) is 4.79 Å². The second-order valence-electron chi connectivity index (χ2n) is 6.86. The van der Waals surface area contributed by atoms with Crippen molar-refractivity contribution in [3.8, 4) is 17.2 Å². The number of hydrogen-bond acceptors (Lipinski definition) is 5. The van der Waals surface area contributed by atoms with Gasteiger partial charge in [0.1, 0.15) is 11.9 Å². The smallest absolute Gasteiger partial charge is 0.254 e. The number of pyridine rings is 1. The van der Waals surface area contributed by atoms with Crippen molar-refractivity contribution in [2.75, 3.05) is 32.0 Å². The maximum absolute atomic E-state index is 12.6. The summed E-state index contributed by atoms with van der Waals surface area (Å²) >= 11 is 0. The number of fused-ring (bicyclic) bond motifs is 1. The number of morpholine rings is 1. The molecule has 2 aromatic carbocycles. The monoisotopic (exact) mass is 372 g/mol. The molecule has 0 unspecified atom stereocenters. The van der Waals surface area contributed by atoms with Crippen molar-refractivity contribution in [3.63, 3.8) is 0 Å². The average Bonchev–Trinajstić information content (AvgIpc) is 2.73. The predicted octanol–water partition coefficient (Wildman–Crippen LogP) is 3.14. The number of benzene rings is 2. The SMILES string of the molecule is Cc1ccc2nc(N)c(-c3ccc(C(=O)N4CCOCC4)cc3)c(C#N)c2c1. The van der Waals surface area contributed by atoms with Crippen LogP contribution in [0, 0.1) is 18.3 Å².